The molecule has 0 spiro atoms. The van der Waals surface area contributed by atoms with E-state index < -0.39 is 29.6 Å². The summed E-state index contributed by atoms with van der Waals surface area (Å²) in [6.07, 6.45) is -4.49. The van der Waals surface area contributed by atoms with Crippen LogP contribution in [0.1, 0.15) is 19.4 Å². The van der Waals surface area contributed by atoms with Crippen molar-refractivity contribution in [2.75, 3.05) is 5.32 Å². The predicted octanol–water partition coefficient (Wildman–Crippen LogP) is 3.28. The van der Waals surface area contributed by atoms with Crippen molar-refractivity contribution in [2.24, 2.45) is 11.7 Å². The van der Waals surface area contributed by atoms with Gasteiger partial charge in [0.25, 0.3) is 0 Å². The Labute approximate surface area is 113 Å². The van der Waals surface area contributed by atoms with Gasteiger partial charge in [0, 0.05) is 6.04 Å². The van der Waals surface area contributed by atoms with Gasteiger partial charge in [0.15, 0.2) is 0 Å². The van der Waals surface area contributed by atoms with Crippen molar-refractivity contribution in [3.63, 3.8) is 0 Å². The molecule has 0 bridgehead atoms. The number of nitrogens with two attached hydrogens (primary N) is 1. The minimum absolute atomic E-state index is 0.0400. The molecule has 1 rings (SSSR count). The van der Waals surface area contributed by atoms with E-state index in [0.29, 0.717) is 0 Å². The number of anilines is 1. The van der Waals surface area contributed by atoms with Crippen LogP contribution in [-0.2, 0) is 11.0 Å². The number of rotatable bonds is 3. The summed E-state index contributed by atoms with van der Waals surface area (Å²) in [5.41, 5.74) is 4.60. The third-order valence-corrected chi connectivity index (χ3v) is 3.08. The summed E-state index contributed by atoms with van der Waals surface area (Å²) in [4.78, 5) is 11.7. The van der Waals surface area contributed by atoms with Crippen LogP contribution in [0.25, 0.3) is 0 Å². The molecule has 2 atom stereocenters. The Morgan fingerprint density at radius 2 is 1.95 bits per heavy atom. The lowest BCUT2D eigenvalue weighted by molar-refractivity contribution is -0.137. The molecule has 106 valence electrons. The molecule has 0 aliphatic rings. The molecule has 19 heavy (non-hydrogen) atoms. The number of alkyl halides is 3. The van der Waals surface area contributed by atoms with E-state index in [1.807, 2.05) is 0 Å². The van der Waals surface area contributed by atoms with Crippen LogP contribution >= 0.6 is 11.6 Å². The first-order chi connectivity index (χ1) is 8.62. The summed E-state index contributed by atoms with van der Waals surface area (Å²) in [5, 5.41) is 2.39. The van der Waals surface area contributed by atoms with Gasteiger partial charge in [0.1, 0.15) is 0 Å². The van der Waals surface area contributed by atoms with Gasteiger partial charge < -0.3 is 11.1 Å². The van der Waals surface area contributed by atoms with Gasteiger partial charge in [-0.15, -0.1) is 0 Å². The average molecular weight is 295 g/mol. The molecular formula is C12H14ClF3N2O. The van der Waals surface area contributed by atoms with Crippen molar-refractivity contribution in [1.29, 1.82) is 0 Å². The Balaban J connectivity index is 2.98. The molecule has 0 aliphatic carbocycles. The molecule has 3 N–H and O–H groups in total. The van der Waals surface area contributed by atoms with Gasteiger partial charge in [-0.1, -0.05) is 18.5 Å². The quantitative estimate of drug-likeness (QED) is 0.899. The highest BCUT2D eigenvalue weighted by Crippen LogP contribution is 2.33. The second kappa shape index (κ2) is 5.79. The molecule has 0 fully saturated rings. The molecule has 1 amide bonds. The Morgan fingerprint density at radius 3 is 2.42 bits per heavy atom. The maximum absolute atomic E-state index is 12.5. The fraction of sp³-hybridized carbons (Fsp3) is 0.417. The zero-order chi connectivity index (χ0) is 14.8. The van der Waals surface area contributed by atoms with E-state index in [4.69, 9.17) is 17.3 Å². The maximum Gasteiger partial charge on any atom is 0.416 e. The van der Waals surface area contributed by atoms with Crippen LogP contribution in [0.2, 0.25) is 5.02 Å². The average Bonchev–Trinajstić information content (AvgIpc) is 2.29. The fourth-order valence-electron chi connectivity index (χ4n) is 1.28. The third-order valence-electron chi connectivity index (χ3n) is 2.75. The first-order valence-corrected chi connectivity index (χ1v) is 5.94. The smallest absolute Gasteiger partial charge is 0.327 e. The van der Waals surface area contributed by atoms with Crippen LogP contribution in [0.15, 0.2) is 18.2 Å². The number of carbonyl (C=O) groups excluding carboxylic acids is 1. The Hall–Kier alpha value is -1.27. The van der Waals surface area contributed by atoms with Gasteiger partial charge >= 0.3 is 6.18 Å². The molecule has 0 heterocycles. The lowest BCUT2D eigenvalue weighted by atomic mass is 10.0. The maximum atomic E-state index is 12.5. The van der Waals surface area contributed by atoms with Crippen LogP contribution in [-0.4, -0.2) is 11.9 Å². The van der Waals surface area contributed by atoms with Crippen molar-refractivity contribution < 1.29 is 18.0 Å². The number of hydrogen-bond acceptors (Lipinski definition) is 2. The third kappa shape index (κ3) is 4.11. The zero-order valence-electron chi connectivity index (χ0n) is 10.4. The van der Waals surface area contributed by atoms with Crippen molar-refractivity contribution >= 4 is 23.2 Å². The molecule has 1 aromatic carbocycles. The Kier molecular flexibility index (Phi) is 4.81. The molecule has 1 aromatic rings. The normalized spacial score (nSPS) is 14.9. The Bertz CT molecular complexity index is 475. The fourth-order valence-corrected chi connectivity index (χ4v) is 1.45. The molecule has 0 saturated heterocycles. The number of benzene rings is 1. The number of nitrogens with one attached hydrogen (secondary N) is 1. The first kappa shape index (κ1) is 15.8. The highest BCUT2D eigenvalue weighted by molar-refractivity contribution is 6.33. The van der Waals surface area contributed by atoms with Crippen molar-refractivity contribution in [3.05, 3.63) is 28.8 Å². The van der Waals surface area contributed by atoms with E-state index in [0.717, 1.165) is 18.2 Å². The lowest BCUT2D eigenvalue weighted by Crippen LogP contribution is -2.34. The van der Waals surface area contributed by atoms with E-state index in [9.17, 15) is 18.0 Å². The van der Waals surface area contributed by atoms with Gasteiger partial charge in [-0.25, -0.2) is 0 Å². The van der Waals surface area contributed by atoms with Crippen LogP contribution in [0, 0.1) is 5.92 Å². The molecule has 2 unspecified atom stereocenters. The summed E-state index contributed by atoms with van der Waals surface area (Å²) in [5.74, 6) is -1.01. The van der Waals surface area contributed by atoms with Crippen molar-refractivity contribution in [2.45, 2.75) is 26.1 Å². The highest BCUT2D eigenvalue weighted by atomic mass is 35.5. The number of amides is 1. The van der Waals surface area contributed by atoms with Gasteiger partial charge in [-0.3, -0.25) is 4.79 Å². The topological polar surface area (TPSA) is 55.1 Å². The van der Waals surface area contributed by atoms with E-state index in [2.05, 4.69) is 5.32 Å². The summed E-state index contributed by atoms with van der Waals surface area (Å²) >= 11 is 5.76. The number of carbonyl (C=O) groups is 1. The molecule has 0 saturated carbocycles. The summed E-state index contributed by atoms with van der Waals surface area (Å²) in [6.45, 7) is 3.22. The zero-order valence-corrected chi connectivity index (χ0v) is 11.1. The van der Waals surface area contributed by atoms with E-state index >= 15 is 0 Å². The van der Waals surface area contributed by atoms with Crippen molar-refractivity contribution in [3.8, 4) is 0 Å². The van der Waals surface area contributed by atoms with Gasteiger partial charge in [-0.05, 0) is 25.1 Å². The van der Waals surface area contributed by atoms with Gasteiger partial charge in [0.05, 0.1) is 22.2 Å². The van der Waals surface area contributed by atoms with Crippen LogP contribution < -0.4 is 11.1 Å². The second-order valence-corrected chi connectivity index (χ2v) is 4.74. The molecule has 7 heteroatoms. The summed E-state index contributed by atoms with van der Waals surface area (Å²) in [7, 11) is 0. The summed E-state index contributed by atoms with van der Waals surface area (Å²) in [6, 6.07) is 2.34. The minimum atomic E-state index is -4.49. The standard InChI is InChI=1S/C12H14ClF3N2O/c1-6(7(2)17)11(19)18-10-5-8(12(14,15)16)3-4-9(10)13/h3-7H,17H2,1-2H3,(H,18,19). The van der Waals surface area contributed by atoms with Gasteiger partial charge in [0.2, 0.25) is 5.91 Å². The molecule has 0 radical (unpaired) electrons. The van der Waals surface area contributed by atoms with Crippen molar-refractivity contribution in [1.82, 2.24) is 0 Å². The van der Waals surface area contributed by atoms with Crippen LogP contribution in [0.5, 0.6) is 0 Å². The number of halogens is 4. The number of hydrogen-bond donors (Lipinski definition) is 2. The molecule has 0 aliphatic heterocycles. The highest BCUT2D eigenvalue weighted by Gasteiger charge is 2.31. The van der Waals surface area contributed by atoms with Gasteiger partial charge in [-0.2, -0.15) is 13.2 Å². The van der Waals surface area contributed by atoms with E-state index in [-0.39, 0.29) is 10.7 Å². The Morgan fingerprint density at radius 1 is 1.37 bits per heavy atom. The van der Waals surface area contributed by atoms with Crippen LogP contribution in [0.4, 0.5) is 18.9 Å². The largest absolute Gasteiger partial charge is 0.416 e. The molecule has 0 aromatic heterocycles. The minimum Gasteiger partial charge on any atom is -0.327 e. The molecule has 3 nitrogen and oxygen atoms in total. The molecular weight excluding hydrogens is 281 g/mol. The summed E-state index contributed by atoms with van der Waals surface area (Å²) < 4.78 is 37.6. The first-order valence-electron chi connectivity index (χ1n) is 5.56. The monoisotopic (exact) mass is 294 g/mol. The second-order valence-electron chi connectivity index (χ2n) is 4.33. The SMILES string of the molecule is CC(N)C(C)C(=O)Nc1cc(C(F)(F)F)ccc1Cl. The predicted molar refractivity (Wildman–Crippen MR) is 67.9 cm³/mol. The van der Waals surface area contributed by atoms with E-state index in [1.54, 1.807) is 13.8 Å². The van der Waals surface area contributed by atoms with Crippen LogP contribution in [0.3, 0.4) is 0 Å². The van der Waals surface area contributed by atoms with E-state index in [1.165, 1.54) is 0 Å². The lowest BCUT2D eigenvalue weighted by Gasteiger charge is -2.17.